The van der Waals surface area contributed by atoms with Crippen molar-refractivity contribution >= 4 is 40.1 Å². The molecule has 7 heteroatoms. The molecule has 0 aliphatic carbocycles. The van der Waals surface area contributed by atoms with Crippen molar-refractivity contribution in [2.75, 3.05) is 43.6 Å². The van der Waals surface area contributed by atoms with Crippen LogP contribution in [0.15, 0.2) is 47.5 Å². The van der Waals surface area contributed by atoms with Gasteiger partial charge in [0.15, 0.2) is 0 Å². The average Bonchev–Trinajstić information content (AvgIpc) is 3.45. The van der Waals surface area contributed by atoms with Gasteiger partial charge in [-0.3, -0.25) is 14.5 Å². The molecule has 1 saturated heterocycles. The van der Waals surface area contributed by atoms with Gasteiger partial charge in [-0.05, 0) is 48.6 Å². The molecule has 0 bridgehead atoms. The van der Waals surface area contributed by atoms with Crippen molar-refractivity contribution in [3.05, 3.63) is 52.4 Å². The predicted octanol–water partition coefficient (Wildman–Crippen LogP) is 3.19. The molecule has 1 aromatic heterocycles. The zero-order valence-electron chi connectivity index (χ0n) is 15.8. The van der Waals surface area contributed by atoms with Crippen LogP contribution in [0.1, 0.15) is 17.7 Å². The number of amides is 2. The number of hydrogen-bond donors (Lipinski definition) is 1. The molecule has 4 rings (SSSR count). The first-order valence-corrected chi connectivity index (χ1v) is 10.3. The SMILES string of the molecule is COCCN1C(=O)C(Nc2ccc(N3CCCC3)cc2)=C(c2cccs2)C1=O. The molecule has 1 fully saturated rings. The molecule has 1 aromatic carbocycles. The van der Waals surface area contributed by atoms with Crippen LogP contribution in [0.4, 0.5) is 11.4 Å². The first-order chi connectivity index (χ1) is 13.7. The Balaban J connectivity index is 1.61. The molecular weight excluding hydrogens is 374 g/mol. The summed E-state index contributed by atoms with van der Waals surface area (Å²) < 4.78 is 5.05. The zero-order valence-corrected chi connectivity index (χ0v) is 16.6. The number of hydrogen-bond acceptors (Lipinski definition) is 6. The molecule has 1 N–H and O–H groups in total. The second-order valence-corrected chi connectivity index (χ2v) is 7.80. The number of ether oxygens (including phenoxy) is 1. The number of benzene rings is 1. The number of thiophene rings is 1. The standard InChI is InChI=1S/C21H23N3O3S/c1-27-13-12-24-20(25)18(17-5-4-14-28-17)19(21(24)26)22-15-6-8-16(9-7-15)23-10-2-3-11-23/h4-9,14,22H,2-3,10-13H2,1H3. The van der Waals surface area contributed by atoms with Crippen molar-refractivity contribution in [2.24, 2.45) is 0 Å². The molecular formula is C21H23N3O3S. The Hall–Kier alpha value is -2.64. The van der Waals surface area contributed by atoms with Gasteiger partial charge in [-0.1, -0.05) is 6.07 Å². The molecule has 2 aromatic rings. The third-order valence-corrected chi connectivity index (χ3v) is 5.95. The van der Waals surface area contributed by atoms with E-state index < -0.39 is 0 Å². The lowest BCUT2D eigenvalue weighted by atomic mass is 10.2. The van der Waals surface area contributed by atoms with Crippen LogP contribution in [-0.4, -0.2) is 50.1 Å². The molecule has 6 nitrogen and oxygen atoms in total. The normalized spacial score (nSPS) is 17.2. The number of rotatable bonds is 7. The molecule has 3 heterocycles. The summed E-state index contributed by atoms with van der Waals surface area (Å²) in [6, 6.07) is 11.8. The number of imide groups is 1. The van der Waals surface area contributed by atoms with E-state index in [1.807, 2.05) is 29.6 Å². The minimum atomic E-state index is -0.311. The Morgan fingerprint density at radius 3 is 2.46 bits per heavy atom. The minimum Gasteiger partial charge on any atom is -0.383 e. The lowest BCUT2D eigenvalue weighted by Crippen LogP contribution is -2.35. The Morgan fingerprint density at radius 2 is 1.82 bits per heavy atom. The van der Waals surface area contributed by atoms with E-state index in [9.17, 15) is 9.59 Å². The molecule has 0 saturated carbocycles. The number of nitrogens with one attached hydrogen (secondary N) is 1. The van der Waals surface area contributed by atoms with Crippen LogP contribution < -0.4 is 10.2 Å². The highest BCUT2D eigenvalue weighted by Gasteiger charge is 2.39. The van der Waals surface area contributed by atoms with Gasteiger partial charge in [0.25, 0.3) is 11.8 Å². The number of anilines is 2. The zero-order chi connectivity index (χ0) is 19.5. The largest absolute Gasteiger partial charge is 0.383 e. The van der Waals surface area contributed by atoms with E-state index in [1.165, 1.54) is 34.8 Å². The second-order valence-electron chi connectivity index (χ2n) is 6.85. The van der Waals surface area contributed by atoms with Crippen LogP contribution in [0.5, 0.6) is 0 Å². The highest BCUT2D eigenvalue weighted by atomic mass is 32.1. The van der Waals surface area contributed by atoms with Gasteiger partial charge < -0.3 is 15.0 Å². The molecule has 28 heavy (non-hydrogen) atoms. The van der Waals surface area contributed by atoms with E-state index in [0.29, 0.717) is 17.9 Å². The van der Waals surface area contributed by atoms with Crippen LogP contribution in [0.3, 0.4) is 0 Å². The van der Waals surface area contributed by atoms with E-state index in [0.717, 1.165) is 23.7 Å². The van der Waals surface area contributed by atoms with Gasteiger partial charge in [0.2, 0.25) is 0 Å². The molecule has 146 valence electrons. The van der Waals surface area contributed by atoms with Crippen LogP contribution in [0, 0.1) is 0 Å². The Morgan fingerprint density at radius 1 is 1.07 bits per heavy atom. The quantitative estimate of drug-likeness (QED) is 0.727. The second kappa shape index (κ2) is 8.16. The minimum absolute atomic E-state index is 0.238. The Kier molecular flexibility index (Phi) is 5.45. The fourth-order valence-electron chi connectivity index (χ4n) is 3.60. The van der Waals surface area contributed by atoms with Crippen LogP contribution in [0.25, 0.3) is 5.57 Å². The maximum atomic E-state index is 12.9. The summed E-state index contributed by atoms with van der Waals surface area (Å²) in [5, 5.41) is 5.10. The fraction of sp³-hybridized carbons (Fsp3) is 0.333. The van der Waals surface area contributed by atoms with E-state index in [1.54, 1.807) is 7.11 Å². The van der Waals surface area contributed by atoms with Crippen molar-refractivity contribution in [1.29, 1.82) is 0 Å². The smallest absolute Gasteiger partial charge is 0.278 e. The van der Waals surface area contributed by atoms with E-state index in [-0.39, 0.29) is 18.4 Å². The van der Waals surface area contributed by atoms with Gasteiger partial charge in [0, 0.05) is 36.5 Å². The van der Waals surface area contributed by atoms with Crippen LogP contribution >= 0.6 is 11.3 Å². The highest BCUT2D eigenvalue weighted by molar-refractivity contribution is 7.11. The third kappa shape index (κ3) is 3.55. The van der Waals surface area contributed by atoms with Crippen LogP contribution in [0.2, 0.25) is 0 Å². The van der Waals surface area contributed by atoms with Gasteiger partial charge >= 0.3 is 0 Å². The highest BCUT2D eigenvalue weighted by Crippen LogP contribution is 2.33. The van der Waals surface area contributed by atoms with Gasteiger partial charge in [0.1, 0.15) is 5.70 Å². The summed E-state index contributed by atoms with van der Waals surface area (Å²) in [6.07, 6.45) is 2.45. The lowest BCUT2D eigenvalue weighted by Gasteiger charge is -2.18. The van der Waals surface area contributed by atoms with Crippen molar-refractivity contribution in [1.82, 2.24) is 4.90 Å². The predicted molar refractivity (Wildman–Crippen MR) is 111 cm³/mol. The molecule has 0 unspecified atom stereocenters. The lowest BCUT2D eigenvalue weighted by molar-refractivity contribution is -0.137. The van der Waals surface area contributed by atoms with E-state index in [4.69, 9.17) is 4.74 Å². The van der Waals surface area contributed by atoms with Gasteiger partial charge in [-0.2, -0.15) is 0 Å². The van der Waals surface area contributed by atoms with E-state index >= 15 is 0 Å². The van der Waals surface area contributed by atoms with Crippen molar-refractivity contribution in [3.8, 4) is 0 Å². The number of carbonyl (C=O) groups is 2. The van der Waals surface area contributed by atoms with E-state index in [2.05, 4.69) is 22.3 Å². The maximum Gasteiger partial charge on any atom is 0.278 e. The van der Waals surface area contributed by atoms with Gasteiger partial charge in [-0.15, -0.1) is 11.3 Å². The molecule has 2 aliphatic heterocycles. The van der Waals surface area contributed by atoms with Crippen molar-refractivity contribution in [3.63, 3.8) is 0 Å². The van der Waals surface area contributed by atoms with Gasteiger partial charge in [-0.25, -0.2) is 0 Å². The maximum absolute atomic E-state index is 12.9. The molecule has 0 spiro atoms. The molecule has 0 radical (unpaired) electrons. The van der Waals surface area contributed by atoms with Crippen molar-refractivity contribution < 1.29 is 14.3 Å². The summed E-state index contributed by atoms with van der Waals surface area (Å²) in [5.74, 6) is -0.588. The third-order valence-electron chi connectivity index (χ3n) is 5.06. The Labute approximate surface area is 168 Å². The summed E-state index contributed by atoms with van der Waals surface area (Å²) in [7, 11) is 1.56. The monoisotopic (exact) mass is 397 g/mol. The fourth-order valence-corrected chi connectivity index (χ4v) is 4.37. The molecule has 2 aliphatic rings. The molecule has 2 amide bonds. The van der Waals surface area contributed by atoms with Gasteiger partial charge in [0.05, 0.1) is 18.7 Å². The summed E-state index contributed by atoms with van der Waals surface area (Å²) in [6.45, 7) is 2.72. The first kappa shape index (κ1) is 18.7. The summed E-state index contributed by atoms with van der Waals surface area (Å²) in [5.41, 5.74) is 2.74. The number of carbonyl (C=O) groups excluding carboxylic acids is 2. The van der Waals surface area contributed by atoms with Crippen molar-refractivity contribution in [2.45, 2.75) is 12.8 Å². The topological polar surface area (TPSA) is 61.9 Å². The number of nitrogens with zero attached hydrogens (tertiary/aromatic N) is 2. The average molecular weight is 398 g/mol. The molecule has 0 atom stereocenters. The van der Waals surface area contributed by atoms with Crippen LogP contribution in [-0.2, 0) is 14.3 Å². The Bertz CT molecular complexity index is 884. The first-order valence-electron chi connectivity index (χ1n) is 9.44. The summed E-state index contributed by atoms with van der Waals surface area (Å²) in [4.78, 5) is 30.2. The summed E-state index contributed by atoms with van der Waals surface area (Å²) >= 11 is 1.45. The number of methoxy groups -OCH3 is 1.